The third kappa shape index (κ3) is 3.73. The molecule has 0 saturated carbocycles. The van der Waals surface area contributed by atoms with Gasteiger partial charge in [0.25, 0.3) is 0 Å². The lowest BCUT2D eigenvalue weighted by molar-refractivity contribution is 0.276. The zero-order valence-electron chi connectivity index (χ0n) is 7.33. The van der Waals surface area contributed by atoms with Gasteiger partial charge in [0, 0.05) is 5.69 Å². The second kappa shape index (κ2) is 5.86. The molecule has 0 amide bonds. The maximum Gasteiger partial charge on any atom is 0.0853 e. The Hall–Kier alpha value is -0.890. The van der Waals surface area contributed by atoms with E-state index in [4.69, 9.17) is 5.11 Å². The van der Waals surface area contributed by atoms with Crippen LogP contribution in [-0.2, 0) is 6.61 Å². The highest BCUT2D eigenvalue weighted by molar-refractivity contribution is 5.08. The van der Waals surface area contributed by atoms with Crippen molar-refractivity contribution in [1.29, 1.82) is 0 Å². The first-order valence-electron chi connectivity index (χ1n) is 3.86. The van der Waals surface area contributed by atoms with Gasteiger partial charge in [0.2, 0.25) is 0 Å². The average Bonchev–Trinajstić information content (AvgIpc) is 2.08. The molecule has 0 aliphatic rings. The Morgan fingerprint density at radius 2 is 2.00 bits per heavy atom. The van der Waals surface area contributed by atoms with Gasteiger partial charge < -0.3 is 5.11 Å². The molecular weight excluding hydrogens is 138 g/mol. The predicted molar refractivity (Wildman–Crippen MR) is 46.2 cm³/mol. The summed E-state index contributed by atoms with van der Waals surface area (Å²) in [4.78, 5) is 4.04. The van der Waals surface area contributed by atoms with E-state index in [2.05, 4.69) is 4.98 Å². The van der Waals surface area contributed by atoms with E-state index in [-0.39, 0.29) is 6.61 Å². The SMILES string of the molecule is CC.Cc1cccc(CO)n1. The van der Waals surface area contributed by atoms with E-state index < -0.39 is 0 Å². The van der Waals surface area contributed by atoms with Crippen LogP contribution in [0.2, 0.25) is 0 Å². The molecule has 11 heavy (non-hydrogen) atoms. The van der Waals surface area contributed by atoms with Gasteiger partial charge in [-0.15, -0.1) is 0 Å². The number of hydrogen-bond donors (Lipinski definition) is 1. The highest BCUT2D eigenvalue weighted by Crippen LogP contribution is 1.96. The molecule has 1 rings (SSSR count). The minimum absolute atomic E-state index is 0.0294. The summed E-state index contributed by atoms with van der Waals surface area (Å²) in [5.41, 5.74) is 1.68. The largest absolute Gasteiger partial charge is 0.390 e. The summed E-state index contributed by atoms with van der Waals surface area (Å²) in [5.74, 6) is 0. The molecule has 0 bridgehead atoms. The number of aromatic nitrogens is 1. The normalized spacial score (nSPS) is 8.36. The van der Waals surface area contributed by atoms with Crippen LogP contribution >= 0.6 is 0 Å². The molecule has 0 aliphatic carbocycles. The molecule has 0 atom stereocenters. The van der Waals surface area contributed by atoms with Gasteiger partial charge in [-0.05, 0) is 19.1 Å². The van der Waals surface area contributed by atoms with E-state index in [1.807, 2.05) is 32.9 Å². The van der Waals surface area contributed by atoms with Gasteiger partial charge in [-0.1, -0.05) is 19.9 Å². The minimum atomic E-state index is 0.0294. The van der Waals surface area contributed by atoms with Crippen LogP contribution < -0.4 is 0 Å². The third-order valence-electron chi connectivity index (χ3n) is 1.11. The molecule has 1 aromatic heterocycles. The Morgan fingerprint density at radius 1 is 1.36 bits per heavy atom. The van der Waals surface area contributed by atoms with Crippen LogP contribution in [0.5, 0.6) is 0 Å². The number of aliphatic hydroxyl groups excluding tert-OH is 1. The summed E-state index contributed by atoms with van der Waals surface area (Å²) in [7, 11) is 0. The van der Waals surface area contributed by atoms with Crippen LogP contribution in [0.15, 0.2) is 18.2 Å². The second-order valence-electron chi connectivity index (χ2n) is 1.93. The first-order chi connectivity index (χ1) is 5.33. The first-order valence-corrected chi connectivity index (χ1v) is 3.86. The highest BCUT2D eigenvalue weighted by Gasteiger charge is 1.88. The minimum Gasteiger partial charge on any atom is -0.390 e. The predicted octanol–water partition coefficient (Wildman–Crippen LogP) is 1.91. The Balaban J connectivity index is 0.000000461. The second-order valence-corrected chi connectivity index (χ2v) is 1.93. The van der Waals surface area contributed by atoms with Crippen LogP contribution in [0, 0.1) is 6.92 Å². The number of pyridine rings is 1. The number of hydrogen-bond acceptors (Lipinski definition) is 2. The quantitative estimate of drug-likeness (QED) is 0.668. The molecule has 0 aromatic carbocycles. The average molecular weight is 153 g/mol. The van der Waals surface area contributed by atoms with Crippen molar-refractivity contribution in [1.82, 2.24) is 4.98 Å². The van der Waals surface area contributed by atoms with Crippen molar-refractivity contribution in [3.05, 3.63) is 29.6 Å². The summed E-state index contributed by atoms with van der Waals surface area (Å²) in [6, 6.07) is 5.58. The third-order valence-corrected chi connectivity index (χ3v) is 1.11. The van der Waals surface area contributed by atoms with E-state index >= 15 is 0 Å². The van der Waals surface area contributed by atoms with Crippen molar-refractivity contribution >= 4 is 0 Å². The van der Waals surface area contributed by atoms with Gasteiger partial charge >= 0.3 is 0 Å². The van der Waals surface area contributed by atoms with Crippen molar-refractivity contribution < 1.29 is 5.11 Å². The van der Waals surface area contributed by atoms with Gasteiger partial charge in [0.05, 0.1) is 12.3 Å². The van der Waals surface area contributed by atoms with Crippen molar-refractivity contribution in [2.45, 2.75) is 27.4 Å². The summed E-state index contributed by atoms with van der Waals surface area (Å²) in [6.07, 6.45) is 0. The molecule has 0 fully saturated rings. The molecule has 0 saturated heterocycles. The number of aryl methyl sites for hydroxylation is 1. The lowest BCUT2D eigenvalue weighted by atomic mass is 10.3. The summed E-state index contributed by atoms with van der Waals surface area (Å²) < 4.78 is 0. The Kier molecular flexibility index (Phi) is 5.39. The van der Waals surface area contributed by atoms with Gasteiger partial charge in [0.1, 0.15) is 0 Å². The molecule has 1 aromatic rings. The number of nitrogens with zero attached hydrogens (tertiary/aromatic N) is 1. The Labute approximate surface area is 67.9 Å². The van der Waals surface area contributed by atoms with Crippen LogP contribution in [-0.4, -0.2) is 10.1 Å². The van der Waals surface area contributed by atoms with E-state index in [1.165, 1.54) is 0 Å². The molecule has 2 heteroatoms. The smallest absolute Gasteiger partial charge is 0.0853 e. The topological polar surface area (TPSA) is 33.1 Å². The fourth-order valence-corrected chi connectivity index (χ4v) is 0.688. The molecule has 0 aliphatic heterocycles. The van der Waals surface area contributed by atoms with Gasteiger partial charge in [-0.2, -0.15) is 0 Å². The van der Waals surface area contributed by atoms with Gasteiger partial charge in [-0.3, -0.25) is 4.98 Å². The summed E-state index contributed by atoms with van der Waals surface area (Å²) in [5, 5.41) is 8.60. The molecule has 62 valence electrons. The van der Waals surface area contributed by atoms with Crippen molar-refractivity contribution in [2.75, 3.05) is 0 Å². The van der Waals surface area contributed by atoms with E-state index in [1.54, 1.807) is 6.07 Å². The van der Waals surface area contributed by atoms with Crippen molar-refractivity contribution in [2.24, 2.45) is 0 Å². The number of rotatable bonds is 1. The zero-order chi connectivity index (χ0) is 8.69. The van der Waals surface area contributed by atoms with Crippen LogP contribution in [0.25, 0.3) is 0 Å². The van der Waals surface area contributed by atoms with E-state index in [9.17, 15) is 0 Å². The van der Waals surface area contributed by atoms with Crippen molar-refractivity contribution in [3.8, 4) is 0 Å². The summed E-state index contributed by atoms with van der Waals surface area (Å²) in [6.45, 7) is 5.93. The lowest BCUT2D eigenvalue weighted by Gasteiger charge is -1.93. The van der Waals surface area contributed by atoms with E-state index in [0.717, 1.165) is 11.4 Å². The maximum absolute atomic E-state index is 8.60. The lowest BCUT2D eigenvalue weighted by Crippen LogP contribution is -1.89. The standard InChI is InChI=1S/C7H9NO.C2H6/c1-6-3-2-4-7(5-9)8-6;1-2/h2-4,9H,5H2,1H3;1-2H3. The van der Waals surface area contributed by atoms with Crippen LogP contribution in [0.1, 0.15) is 25.2 Å². The molecule has 0 radical (unpaired) electrons. The number of aliphatic hydroxyl groups is 1. The fraction of sp³-hybridized carbons (Fsp3) is 0.444. The highest BCUT2D eigenvalue weighted by atomic mass is 16.3. The molecule has 0 spiro atoms. The molecule has 0 unspecified atom stereocenters. The maximum atomic E-state index is 8.60. The fourth-order valence-electron chi connectivity index (χ4n) is 0.688. The molecule has 2 nitrogen and oxygen atoms in total. The Morgan fingerprint density at radius 3 is 2.36 bits per heavy atom. The van der Waals surface area contributed by atoms with Crippen LogP contribution in [0.3, 0.4) is 0 Å². The zero-order valence-corrected chi connectivity index (χ0v) is 7.33. The van der Waals surface area contributed by atoms with E-state index in [0.29, 0.717) is 0 Å². The summed E-state index contributed by atoms with van der Waals surface area (Å²) >= 11 is 0. The van der Waals surface area contributed by atoms with Crippen molar-refractivity contribution in [3.63, 3.8) is 0 Å². The first kappa shape index (κ1) is 10.1. The molecule has 1 heterocycles. The van der Waals surface area contributed by atoms with Gasteiger partial charge in [0.15, 0.2) is 0 Å². The molecular formula is C9H15NO. The van der Waals surface area contributed by atoms with Crippen LogP contribution in [0.4, 0.5) is 0 Å². The van der Waals surface area contributed by atoms with Gasteiger partial charge in [-0.25, -0.2) is 0 Å². The molecule has 1 N–H and O–H groups in total. The Bertz CT molecular complexity index is 199. The monoisotopic (exact) mass is 153 g/mol.